The van der Waals surface area contributed by atoms with Crippen molar-refractivity contribution in [2.75, 3.05) is 5.32 Å². The van der Waals surface area contributed by atoms with Crippen LogP contribution < -0.4 is 5.32 Å². The minimum absolute atomic E-state index is 0.0681. The lowest BCUT2D eigenvalue weighted by Gasteiger charge is -2.09. The van der Waals surface area contributed by atoms with E-state index in [9.17, 15) is 18.0 Å². The topological polar surface area (TPSA) is 85.6 Å². The lowest BCUT2D eigenvalue weighted by atomic mass is 10.1. The molecule has 0 unspecified atom stereocenters. The summed E-state index contributed by atoms with van der Waals surface area (Å²) >= 11 is 0. The van der Waals surface area contributed by atoms with E-state index in [-0.39, 0.29) is 18.0 Å². The molecule has 33 heavy (non-hydrogen) atoms. The maximum atomic E-state index is 13.0. The van der Waals surface area contributed by atoms with Gasteiger partial charge in [0.15, 0.2) is 0 Å². The molecule has 0 aliphatic carbocycles. The maximum Gasteiger partial charge on any atom is 0.433 e. The Morgan fingerprint density at radius 1 is 0.939 bits per heavy atom. The maximum absolute atomic E-state index is 13.0. The monoisotopic (exact) mass is 452 g/mol. The van der Waals surface area contributed by atoms with Gasteiger partial charge in [-0.1, -0.05) is 6.07 Å². The Bertz CT molecular complexity index is 1280. The predicted molar refractivity (Wildman–Crippen MR) is 116 cm³/mol. The number of pyridine rings is 3. The number of nitrogens with one attached hydrogen (secondary N) is 1. The van der Waals surface area contributed by atoms with Gasteiger partial charge in [-0.3, -0.25) is 14.8 Å². The summed E-state index contributed by atoms with van der Waals surface area (Å²) in [6.45, 7) is 3.52. The zero-order valence-electron chi connectivity index (χ0n) is 17.8. The molecule has 0 saturated carbocycles. The van der Waals surface area contributed by atoms with Crippen LogP contribution in [-0.2, 0) is 17.5 Å². The molecule has 1 amide bonds. The fourth-order valence-corrected chi connectivity index (χ4v) is 3.23. The van der Waals surface area contributed by atoms with Gasteiger partial charge < -0.3 is 9.88 Å². The molecule has 0 aliphatic heterocycles. The highest BCUT2D eigenvalue weighted by molar-refractivity contribution is 5.89. The molecular formula is C23H19F3N6O. The van der Waals surface area contributed by atoms with Crippen molar-refractivity contribution in [3.63, 3.8) is 0 Å². The van der Waals surface area contributed by atoms with Crippen LogP contribution in [0.4, 0.5) is 19.0 Å². The van der Waals surface area contributed by atoms with Crippen molar-refractivity contribution in [2.45, 2.75) is 26.6 Å². The first-order chi connectivity index (χ1) is 15.7. The van der Waals surface area contributed by atoms with Crippen LogP contribution in [0, 0.1) is 13.8 Å². The third-order valence-corrected chi connectivity index (χ3v) is 5.01. The number of alkyl halides is 3. The Hall–Kier alpha value is -4.08. The van der Waals surface area contributed by atoms with Crippen molar-refractivity contribution in [1.82, 2.24) is 24.5 Å². The normalized spacial score (nSPS) is 11.4. The highest BCUT2D eigenvalue weighted by Crippen LogP contribution is 2.31. The second kappa shape index (κ2) is 8.81. The number of aryl methyl sites for hydroxylation is 1. The van der Waals surface area contributed by atoms with Crippen LogP contribution in [0.1, 0.15) is 17.1 Å². The van der Waals surface area contributed by atoms with E-state index in [0.29, 0.717) is 17.2 Å². The van der Waals surface area contributed by atoms with Gasteiger partial charge in [-0.15, -0.1) is 0 Å². The van der Waals surface area contributed by atoms with Crippen LogP contribution in [0.2, 0.25) is 0 Å². The Morgan fingerprint density at radius 2 is 1.67 bits per heavy atom. The van der Waals surface area contributed by atoms with E-state index in [1.807, 2.05) is 25.1 Å². The predicted octanol–water partition coefficient (Wildman–Crippen LogP) is 4.68. The molecule has 10 heteroatoms. The molecule has 4 rings (SSSR count). The first-order valence-electron chi connectivity index (χ1n) is 9.95. The van der Waals surface area contributed by atoms with Crippen molar-refractivity contribution in [3.8, 4) is 22.4 Å². The summed E-state index contributed by atoms with van der Waals surface area (Å²) in [6.07, 6.45) is 1.35. The van der Waals surface area contributed by atoms with E-state index >= 15 is 0 Å². The number of amides is 1. The summed E-state index contributed by atoms with van der Waals surface area (Å²) in [7, 11) is 0. The second-order valence-electron chi connectivity index (χ2n) is 7.40. The minimum Gasteiger partial charge on any atom is -0.325 e. The number of carbonyl (C=O) groups excluding carboxylic acids is 1. The molecule has 4 aromatic heterocycles. The van der Waals surface area contributed by atoms with E-state index < -0.39 is 11.9 Å². The molecule has 7 nitrogen and oxygen atoms in total. The molecule has 0 atom stereocenters. The van der Waals surface area contributed by atoms with E-state index in [0.717, 1.165) is 29.1 Å². The average molecular weight is 452 g/mol. The van der Waals surface area contributed by atoms with Gasteiger partial charge in [-0.2, -0.15) is 13.2 Å². The van der Waals surface area contributed by atoms with Gasteiger partial charge in [0, 0.05) is 46.7 Å². The van der Waals surface area contributed by atoms with Gasteiger partial charge in [-0.05, 0) is 44.2 Å². The van der Waals surface area contributed by atoms with Crippen molar-refractivity contribution in [1.29, 1.82) is 0 Å². The Kier molecular flexibility index (Phi) is 5.91. The standard InChI is InChI=1S/C23H19F3N6O/c1-14-3-4-17(10-28-14)18-5-6-20(29-11-18)31-21(33)12-32-13-30-22(15(32)2)16-7-8-27-19(9-16)23(24,25)26/h3-11,13H,12H2,1-2H3,(H,29,31,33). The van der Waals surface area contributed by atoms with Gasteiger partial charge >= 0.3 is 6.18 Å². The van der Waals surface area contributed by atoms with Crippen LogP contribution in [0.3, 0.4) is 0 Å². The zero-order chi connectivity index (χ0) is 23.6. The number of aromatic nitrogens is 5. The first-order valence-corrected chi connectivity index (χ1v) is 9.95. The number of carbonyl (C=O) groups is 1. The van der Waals surface area contributed by atoms with E-state index in [1.165, 1.54) is 12.4 Å². The van der Waals surface area contributed by atoms with Crippen molar-refractivity contribution < 1.29 is 18.0 Å². The molecule has 4 aromatic rings. The fraction of sp³-hybridized carbons (Fsp3) is 0.174. The molecule has 0 aliphatic rings. The third-order valence-electron chi connectivity index (χ3n) is 5.01. The molecule has 4 heterocycles. The summed E-state index contributed by atoms with van der Waals surface area (Å²) < 4.78 is 40.4. The summed E-state index contributed by atoms with van der Waals surface area (Å²) in [6, 6.07) is 9.75. The SMILES string of the molecule is Cc1ccc(-c2ccc(NC(=O)Cn3cnc(-c4ccnc(C(F)(F)F)c4)c3C)nc2)cn1. The summed E-state index contributed by atoms with van der Waals surface area (Å²) in [5, 5.41) is 2.71. The summed E-state index contributed by atoms with van der Waals surface area (Å²) in [5.74, 6) is 0.0378. The minimum atomic E-state index is -4.55. The Morgan fingerprint density at radius 3 is 2.30 bits per heavy atom. The fourth-order valence-electron chi connectivity index (χ4n) is 3.23. The van der Waals surface area contributed by atoms with E-state index in [2.05, 4.69) is 25.3 Å². The summed E-state index contributed by atoms with van der Waals surface area (Å²) in [4.78, 5) is 28.6. The zero-order valence-corrected chi connectivity index (χ0v) is 17.8. The number of halogens is 3. The van der Waals surface area contributed by atoms with Crippen molar-refractivity contribution in [3.05, 3.63) is 78.4 Å². The van der Waals surface area contributed by atoms with E-state index in [4.69, 9.17) is 0 Å². The van der Waals surface area contributed by atoms with Gasteiger partial charge in [-0.25, -0.2) is 9.97 Å². The molecule has 0 bridgehead atoms. The second-order valence-corrected chi connectivity index (χ2v) is 7.40. The molecule has 0 radical (unpaired) electrons. The average Bonchev–Trinajstić information content (AvgIpc) is 3.14. The number of imidazole rings is 1. The van der Waals surface area contributed by atoms with Gasteiger partial charge in [0.25, 0.3) is 0 Å². The lowest BCUT2D eigenvalue weighted by molar-refractivity contribution is -0.141. The molecule has 0 aromatic carbocycles. The number of hydrogen-bond donors (Lipinski definition) is 1. The molecule has 0 spiro atoms. The van der Waals surface area contributed by atoms with Crippen LogP contribution in [0.15, 0.2) is 61.3 Å². The molecule has 168 valence electrons. The summed E-state index contributed by atoms with van der Waals surface area (Å²) in [5.41, 5.74) is 2.88. The quantitative estimate of drug-likeness (QED) is 0.475. The van der Waals surface area contributed by atoms with E-state index in [1.54, 1.807) is 30.0 Å². The van der Waals surface area contributed by atoms with Crippen LogP contribution in [-0.4, -0.2) is 30.4 Å². The number of hydrogen-bond acceptors (Lipinski definition) is 5. The van der Waals surface area contributed by atoms with Crippen LogP contribution >= 0.6 is 0 Å². The van der Waals surface area contributed by atoms with Gasteiger partial charge in [0.2, 0.25) is 5.91 Å². The first kappa shape index (κ1) is 22.1. The number of anilines is 1. The molecule has 1 N–H and O–H groups in total. The number of nitrogens with zero attached hydrogens (tertiary/aromatic N) is 5. The highest BCUT2D eigenvalue weighted by Gasteiger charge is 2.32. The van der Waals surface area contributed by atoms with Crippen LogP contribution in [0.5, 0.6) is 0 Å². The number of rotatable bonds is 5. The van der Waals surface area contributed by atoms with Crippen molar-refractivity contribution >= 4 is 11.7 Å². The molecular weight excluding hydrogens is 433 g/mol. The highest BCUT2D eigenvalue weighted by atomic mass is 19.4. The molecule has 0 saturated heterocycles. The third kappa shape index (κ3) is 5.05. The molecule has 0 fully saturated rings. The lowest BCUT2D eigenvalue weighted by Crippen LogP contribution is -2.19. The van der Waals surface area contributed by atoms with Gasteiger partial charge in [0.1, 0.15) is 18.1 Å². The van der Waals surface area contributed by atoms with Crippen molar-refractivity contribution in [2.24, 2.45) is 0 Å². The largest absolute Gasteiger partial charge is 0.433 e. The van der Waals surface area contributed by atoms with Crippen LogP contribution in [0.25, 0.3) is 22.4 Å². The Labute approximate surface area is 187 Å². The van der Waals surface area contributed by atoms with Gasteiger partial charge in [0.05, 0.1) is 12.0 Å². The Balaban J connectivity index is 1.44. The smallest absolute Gasteiger partial charge is 0.325 e.